The Hall–Kier alpha value is -1.60. The molecule has 1 saturated carbocycles. The zero-order valence-electron chi connectivity index (χ0n) is 23.3. The van der Waals surface area contributed by atoms with Crippen molar-refractivity contribution in [2.75, 3.05) is 0 Å². The summed E-state index contributed by atoms with van der Waals surface area (Å²) in [4.78, 5) is 11.8. The van der Waals surface area contributed by atoms with Gasteiger partial charge in [-0.05, 0) is 61.1 Å². The minimum Gasteiger partial charge on any atom is -0.365 e. The van der Waals surface area contributed by atoms with Crippen LogP contribution in [0.25, 0.3) is 0 Å². The van der Waals surface area contributed by atoms with Crippen LogP contribution in [0.2, 0.25) is 23.7 Å². The van der Waals surface area contributed by atoms with Crippen LogP contribution >= 0.6 is 0 Å². The fourth-order valence-electron chi connectivity index (χ4n) is 5.79. The van der Waals surface area contributed by atoms with E-state index < -0.39 is 37.9 Å². The summed E-state index contributed by atoms with van der Waals surface area (Å²) in [5, 5.41) is 2.39. The lowest BCUT2D eigenvalue weighted by atomic mass is 9.72. The molecule has 7 heteroatoms. The maximum atomic E-state index is 13.1. The highest BCUT2D eigenvalue weighted by atomic mass is 28.3. The maximum Gasteiger partial charge on any atom is 0.471 e. The van der Waals surface area contributed by atoms with E-state index in [9.17, 15) is 18.0 Å². The molecule has 1 aliphatic carbocycles. The van der Waals surface area contributed by atoms with Crippen molar-refractivity contribution in [3.63, 3.8) is 0 Å². The lowest BCUT2D eigenvalue weighted by molar-refractivity contribution is -0.178. The number of alkyl halides is 3. The number of amides is 1. The molecule has 1 aromatic rings. The van der Waals surface area contributed by atoms with Gasteiger partial charge in [-0.2, -0.15) is 13.2 Å². The molecule has 0 aromatic heterocycles. The number of carbonyl (C=O) groups is 1. The zero-order chi connectivity index (χ0) is 27.5. The lowest BCUT2D eigenvalue weighted by Crippen LogP contribution is -2.51. The van der Waals surface area contributed by atoms with E-state index in [1.54, 1.807) is 6.92 Å². The van der Waals surface area contributed by atoms with Crippen LogP contribution in [0.1, 0.15) is 78.9 Å². The minimum absolute atomic E-state index is 0.238. The van der Waals surface area contributed by atoms with Crippen LogP contribution in [0.4, 0.5) is 13.2 Å². The SMILES string of the molecule is C=CC[C@](C)(O[C@@H](c1ccccc1)[C@H](C)NC(=O)C(F)(F)F)[C@@H]1CC[C@@H](C)[C@H]([Si](C)(C)C(C)(C)C)C1. The van der Waals surface area contributed by atoms with Crippen LogP contribution in [-0.4, -0.2) is 31.8 Å². The van der Waals surface area contributed by atoms with Crippen LogP contribution in [0.15, 0.2) is 43.0 Å². The molecule has 0 radical (unpaired) electrons. The summed E-state index contributed by atoms with van der Waals surface area (Å²) in [5.74, 6) is -1.08. The molecule has 1 fully saturated rings. The molecule has 1 N–H and O–H groups in total. The second-order valence-corrected chi connectivity index (χ2v) is 18.3. The molecule has 36 heavy (non-hydrogen) atoms. The predicted octanol–water partition coefficient (Wildman–Crippen LogP) is 8.46. The van der Waals surface area contributed by atoms with Gasteiger partial charge in [-0.3, -0.25) is 4.79 Å². The average molecular weight is 526 g/mol. The molecule has 0 heterocycles. The molecule has 0 saturated heterocycles. The Bertz CT molecular complexity index is 881. The quantitative estimate of drug-likeness (QED) is 0.259. The van der Waals surface area contributed by atoms with E-state index >= 15 is 0 Å². The summed E-state index contributed by atoms with van der Waals surface area (Å²) < 4.78 is 46.0. The summed E-state index contributed by atoms with van der Waals surface area (Å²) in [5.41, 5.74) is 0.731. The van der Waals surface area contributed by atoms with Crippen LogP contribution in [-0.2, 0) is 9.53 Å². The normalized spacial score (nSPS) is 24.9. The van der Waals surface area contributed by atoms with Crippen molar-refractivity contribution in [2.45, 2.75) is 115 Å². The average Bonchev–Trinajstić information content (AvgIpc) is 2.77. The molecule has 204 valence electrons. The van der Waals surface area contributed by atoms with E-state index in [1.807, 2.05) is 36.4 Å². The number of hydrogen-bond donors (Lipinski definition) is 1. The highest BCUT2D eigenvalue weighted by Gasteiger charge is 2.50. The smallest absolute Gasteiger partial charge is 0.365 e. The Balaban J connectivity index is 2.42. The second-order valence-electron chi connectivity index (χ2n) is 12.6. The van der Waals surface area contributed by atoms with Crippen LogP contribution < -0.4 is 5.32 Å². The molecule has 1 amide bonds. The van der Waals surface area contributed by atoms with Crippen LogP contribution in [0.3, 0.4) is 0 Å². The molecule has 2 rings (SSSR count). The maximum absolute atomic E-state index is 13.1. The summed E-state index contributed by atoms with van der Waals surface area (Å²) in [7, 11) is -1.64. The first kappa shape index (κ1) is 30.6. The van der Waals surface area contributed by atoms with Gasteiger partial charge in [0.15, 0.2) is 0 Å². The van der Waals surface area contributed by atoms with E-state index in [-0.39, 0.29) is 11.0 Å². The van der Waals surface area contributed by atoms with Crippen LogP contribution in [0.5, 0.6) is 0 Å². The summed E-state index contributed by atoms with van der Waals surface area (Å²) in [6.45, 7) is 22.0. The van der Waals surface area contributed by atoms with Crippen molar-refractivity contribution in [1.29, 1.82) is 0 Å². The van der Waals surface area contributed by atoms with Gasteiger partial charge in [0.05, 0.1) is 19.7 Å². The third-order valence-electron chi connectivity index (χ3n) is 9.06. The number of carbonyl (C=O) groups excluding carboxylic acids is 1. The topological polar surface area (TPSA) is 38.3 Å². The first-order chi connectivity index (χ1) is 16.4. The summed E-state index contributed by atoms with van der Waals surface area (Å²) in [6.07, 6.45) is -0.105. The van der Waals surface area contributed by atoms with Gasteiger partial charge in [-0.25, -0.2) is 0 Å². The molecular weight excluding hydrogens is 479 g/mol. The highest BCUT2D eigenvalue weighted by molar-refractivity contribution is 6.81. The van der Waals surface area contributed by atoms with Crippen molar-refractivity contribution in [3.8, 4) is 0 Å². The molecule has 0 unspecified atom stereocenters. The molecular formula is C29H46F3NO2Si. The molecule has 0 bridgehead atoms. The van der Waals surface area contributed by atoms with Crippen molar-refractivity contribution < 1.29 is 22.7 Å². The van der Waals surface area contributed by atoms with Gasteiger partial charge < -0.3 is 10.1 Å². The van der Waals surface area contributed by atoms with Gasteiger partial charge in [0.1, 0.15) is 6.10 Å². The molecule has 6 atom stereocenters. The zero-order valence-corrected chi connectivity index (χ0v) is 24.3. The number of rotatable bonds is 9. The van der Waals surface area contributed by atoms with Crippen LogP contribution in [0, 0.1) is 11.8 Å². The third-order valence-corrected chi connectivity index (χ3v) is 15.6. The molecule has 1 aliphatic rings. The Morgan fingerprint density at radius 3 is 2.25 bits per heavy atom. The van der Waals surface area contributed by atoms with E-state index in [2.05, 4.69) is 59.6 Å². The fraction of sp³-hybridized carbons (Fsp3) is 0.690. The number of halogens is 3. The van der Waals surface area contributed by atoms with Crippen molar-refractivity contribution in [2.24, 2.45) is 11.8 Å². The minimum atomic E-state index is -4.95. The summed E-state index contributed by atoms with van der Waals surface area (Å²) in [6, 6.07) is 8.35. The number of nitrogens with one attached hydrogen (secondary N) is 1. The molecule has 0 spiro atoms. The fourth-order valence-corrected chi connectivity index (χ4v) is 9.37. The Morgan fingerprint density at radius 2 is 1.75 bits per heavy atom. The summed E-state index contributed by atoms with van der Waals surface area (Å²) >= 11 is 0. The number of ether oxygens (including phenoxy) is 1. The van der Waals surface area contributed by atoms with Crippen molar-refractivity contribution in [3.05, 3.63) is 48.6 Å². The van der Waals surface area contributed by atoms with Crippen molar-refractivity contribution >= 4 is 14.0 Å². The van der Waals surface area contributed by atoms with Gasteiger partial charge in [0, 0.05) is 0 Å². The monoisotopic (exact) mass is 525 g/mol. The third kappa shape index (κ3) is 7.03. The molecule has 3 nitrogen and oxygen atoms in total. The number of benzene rings is 1. The van der Waals surface area contributed by atoms with Gasteiger partial charge in [0.2, 0.25) is 0 Å². The van der Waals surface area contributed by atoms with Gasteiger partial charge in [-0.1, -0.05) is 83.6 Å². The Labute approximate surface area is 217 Å². The van der Waals surface area contributed by atoms with Gasteiger partial charge in [-0.15, -0.1) is 6.58 Å². The van der Waals surface area contributed by atoms with Gasteiger partial charge >= 0.3 is 12.1 Å². The molecule has 1 aromatic carbocycles. The van der Waals surface area contributed by atoms with Gasteiger partial charge in [0.25, 0.3) is 0 Å². The predicted molar refractivity (Wildman–Crippen MR) is 145 cm³/mol. The van der Waals surface area contributed by atoms with E-state index in [0.717, 1.165) is 24.8 Å². The largest absolute Gasteiger partial charge is 0.471 e. The standard InChI is InChI=1S/C29H46F3NO2Si/c1-10-18-28(7,23-17-16-20(2)24(19-23)36(8,9)27(4,5)6)35-25(22-14-12-11-13-15-22)21(3)33-26(34)29(30,31)32/h10-15,20-21,23-25H,1,16-19H2,2-9H3,(H,33,34)/t20-,21+,23-,24-,25-,28+/m1/s1. The Kier molecular flexibility index (Phi) is 9.71. The lowest BCUT2D eigenvalue weighted by Gasteiger charge is -2.52. The first-order valence-electron chi connectivity index (χ1n) is 13.2. The van der Waals surface area contributed by atoms with E-state index in [4.69, 9.17) is 4.74 Å². The number of hydrogen-bond acceptors (Lipinski definition) is 2. The Morgan fingerprint density at radius 1 is 1.17 bits per heavy atom. The highest BCUT2D eigenvalue weighted by Crippen LogP contribution is 2.55. The molecule has 0 aliphatic heterocycles. The second kappa shape index (κ2) is 11.4. The van der Waals surface area contributed by atoms with E-state index in [1.165, 1.54) is 0 Å². The first-order valence-corrected chi connectivity index (χ1v) is 16.2. The van der Waals surface area contributed by atoms with E-state index in [0.29, 0.717) is 17.9 Å². The van der Waals surface area contributed by atoms with Crippen molar-refractivity contribution in [1.82, 2.24) is 5.32 Å².